The second kappa shape index (κ2) is 7.47. The molecule has 154 valence electrons. The maximum atomic E-state index is 12.4. The predicted octanol–water partition coefficient (Wildman–Crippen LogP) is 0.386. The minimum Gasteiger partial charge on any atom is -0.482 e. The van der Waals surface area contributed by atoms with E-state index in [0.29, 0.717) is 17.1 Å². The molecule has 1 aliphatic heterocycles. The van der Waals surface area contributed by atoms with Crippen molar-refractivity contribution >= 4 is 34.2 Å². The summed E-state index contributed by atoms with van der Waals surface area (Å²) >= 11 is 0. The molecule has 10 heteroatoms. The SMILES string of the molecule is Cn1c(=O)c2cc(NC(=O)CCN3C(=O)COc4ccccc43)cnc2n(C)c1=O. The van der Waals surface area contributed by atoms with Crippen LogP contribution in [0.3, 0.4) is 0 Å². The standard InChI is InChI=1S/C20H19N5O5/c1-23-18-13(19(28)24(2)20(23)29)9-12(10-21-18)22-16(26)7-8-25-14-5-3-4-6-15(14)30-11-17(25)27/h3-6,9-10H,7-8,11H2,1-2H3,(H,22,26). The third-order valence-electron chi connectivity index (χ3n) is 4.95. The van der Waals surface area contributed by atoms with Gasteiger partial charge in [0.15, 0.2) is 6.61 Å². The number of anilines is 2. The fourth-order valence-electron chi connectivity index (χ4n) is 3.37. The number of benzene rings is 1. The molecule has 0 atom stereocenters. The third kappa shape index (κ3) is 3.32. The number of amides is 2. The van der Waals surface area contributed by atoms with Crippen molar-refractivity contribution in [3.05, 3.63) is 57.4 Å². The number of pyridine rings is 1. The molecule has 0 saturated heterocycles. The minimum absolute atomic E-state index is 0.0450. The van der Waals surface area contributed by atoms with Crippen molar-refractivity contribution in [3.63, 3.8) is 0 Å². The molecule has 2 aromatic heterocycles. The Balaban J connectivity index is 1.51. The summed E-state index contributed by atoms with van der Waals surface area (Å²) in [4.78, 5) is 54.6. The van der Waals surface area contributed by atoms with Crippen LogP contribution in [0, 0.1) is 0 Å². The summed E-state index contributed by atoms with van der Waals surface area (Å²) in [7, 11) is 2.90. The average molecular weight is 409 g/mol. The lowest BCUT2D eigenvalue weighted by Crippen LogP contribution is -2.40. The predicted molar refractivity (Wildman–Crippen MR) is 110 cm³/mol. The van der Waals surface area contributed by atoms with Crippen LogP contribution in [0.15, 0.2) is 46.1 Å². The van der Waals surface area contributed by atoms with Gasteiger partial charge in [-0.15, -0.1) is 0 Å². The van der Waals surface area contributed by atoms with Gasteiger partial charge in [0, 0.05) is 27.1 Å². The molecule has 1 N–H and O–H groups in total. The van der Waals surface area contributed by atoms with Crippen LogP contribution in [-0.2, 0) is 23.7 Å². The second-order valence-corrected chi connectivity index (χ2v) is 6.90. The Labute approximate surface area is 170 Å². The molecule has 0 radical (unpaired) electrons. The van der Waals surface area contributed by atoms with Crippen molar-refractivity contribution in [2.75, 3.05) is 23.4 Å². The van der Waals surface area contributed by atoms with Crippen LogP contribution in [0.1, 0.15) is 6.42 Å². The van der Waals surface area contributed by atoms with E-state index in [4.69, 9.17) is 4.74 Å². The van der Waals surface area contributed by atoms with Gasteiger partial charge < -0.3 is 15.0 Å². The highest BCUT2D eigenvalue weighted by molar-refractivity contribution is 5.99. The lowest BCUT2D eigenvalue weighted by Gasteiger charge is -2.29. The molecular formula is C20H19N5O5. The molecule has 30 heavy (non-hydrogen) atoms. The fourth-order valence-corrected chi connectivity index (χ4v) is 3.37. The van der Waals surface area contributed by atoms with Gasteiger partial charge in [-0.3, -0.25) is 23.5 Å². The van der Waals surface area contributed by atoms with Crippen LogP contribution in [0.5, 0.6) is 5.75 Å². The zero-order valence-corrected chi connectivity index (χ0v) is 16.4. The summed E-state index contributed by atoms with van der Waals surface area (Å²) in [6.07, 6.45) is 1.43. The minimum atomic E-state index is -0.493. The normalized spacial score (nSPS) is 13.1. The Kier molecular flexibility index (Phi) is 4.82. The summed E-state index contributed by atoms with van der Waals surface area (Å²) in [6.45, 7) is 0.109. The van der Waals surface area contributed by atoms with E-state index in [2.05, 4.69) is 10.3 Å². The first kappa shape index (κ1) is 19.4. The maximum absolute atomic E-state index is 12.4. The number of ether oxygens (including phenoxy) is 1. The van der Waals surface area contributed by atoms with Gasteiger partial charge in [0.2, 0.25) is 5.91 Å². The van der Waals surface area contributed by atoms with Gasteiger partial charge in [-0.1, -0.05) is 12.1 Å². The first-order valence-electron chi connectivity index (χ1n) is 9.24. The first-order valence-corrected chi connectivity index (χ1v) is 9.24. The van der Waals surface area contributed by atoms with E-state index in [0.717, 1.165) is 4.57 Å². The smallest absolute Gasteiger partial charge is 0.332 e. The summed E-state index contributed by atoms with van der Waals surface area (Å²) in [5, 5.41) is 2.90. The number of aryl methyl sites for hydroxylation is 1. The van der Waals surface area contributed by atoms with E-state index in [1.54, 1.807) is 18.2 Å². The van der Waals surface area contributed by atoms with Gasteiger partial charge in [-0.25, -0.2) is 9.78 Å². The van der Waals surface area contributed by atoms with Crippen molar-refractivity contribution in [3.8, 4) is 5.75 Å². The third-order valence-corrected chi connectivity index (χ3v) is 4.95. The number of rotatable bonds is 4. The van der Waals surface area contributed by atoms with Crippen molar-refractivity contribution in [2.24, 2.45) is 14.1 Å². The lowest BCUT2D eigenvalue weighted by atomic mass is 10.2. The Morgan fingerprint density at radius 1 is 1.17 bits per heavy atom. The summed E-state index contributed by atoms with van der Waals surface area (Å²) in [6, 6.07) is 8.62. The van der Waals surface area contributed by atoms with E-state index >= 15 is 0 Å². The summed E-state index contributed by atoms with van der Waals surface area (Å²) < 4.78 is 7.64. The molecule has 3 aromatic rings. The van der Waals surface area contributed by atoms with E-state index in [1.165, 1.54) is 35.8 Å². The molecule has 1 aromatic carbocycles. The van der Waals surface area contributed by atoms with Gasteiger partial charge in [0.05, 0.1) is 23.0 Å². The number of nitrogens with one attached hydrogen (secondary N) is 1. The van der Waals surface area contributed by atoms with Crippen LogP contribution in [0.4, 0.5) is 11.4 Å². The van der Waals surface area contributed by atoms with Crippen molar-refractivity contribution in [1.29, 1.82) is 0 Å². The van der Waals surface area contributed by atoms with Gasteiger partial charge in [0.25, 0.3) is 11.5 Å². The number of nitrogens with zero attached hydrogens (tertiary/aromatic N) is 4. The largest absolute Gasteiger partial charge is 0.482 e. The topological polar surface area (TPSA) is 116 Å². The summed E-state index contributed by atoms with van der Waals surface area (Å²) in [5.74, 6) is 0.0329. The molecule has 0 unspecified atom stereocenters. The Morgan fingerprint density at radius 3 is 2.73 bits per heavy atom. The number of hydrogen-bond acceptors (Lipinski definition) is 6. The highest BCUT2D eigenvalue weighted by Crippen LogP contribution is 2.31. The Bertz CT molecular complexity index is 1290. The number of para-hydroxylation sites is 2. The molecule has 0 bridgehead atoms. The van der Waals surface area contributed by atoms with Crippen LogP contribution in [0.25, 0.3) is 11.0 Å². The molecule has 0 fully saturated rings. The van der Waals surface area contributed by atoms with Crippen molar-refractivity contribution in [2.45, 2.75) is 6.42 Å². The van der Waals surface area contributed by atoms with Crippen LogP contribution < -0.4 is 26.2 Å². The Morgan fingerprint density at radius 2 is 1.93 bits per heavy atom. The molecule has 0 aliphatic carbocycles. The number of carbonyl (C=O) groups excluding carboxylic acids is 2. The van der Waals surface area contributed by atoms with E-state index < -0.39 is 11.2 Å². The Hall–Kier alpha value is -3.95. The lowest BCUT2D eigenvalue weighted by molar-refractivity contribution is -0.121. The van der Waals surface area contributed by atoms with Gasteiger partial charge >= 0.3 is 5.69 Å². The highest BCUT2D eigenvalue weighted by Gasteiger charge is 2.25. The van der Waals surface area contributed by atoms with Gasteiger partial charge in [0.1, 0.15) is 11.4 Å². The average Bonchev–Trinajstić information content (AvgIpc) is 2.75. The molecular weight excluding hydrogens is 390 g/mol. The zero-order chi connectivity index (χ0) is 21.4. The van der Waals surface area contributed by atoms with Crippen molar-refractivity contribution < 1.29 is 14.3 Å². The molecule has 3 heterocycles. The second-order valence-electron chi connectivity index (χ2n) is 6.90. The number of hydrogen-bond donors (Lipinski definition) is 1. The monoisotopic (exact) mass is 409 g/mol. The van der Waals surface area contributed by atoms with Crippen molar-refractivity contribution in [1.82, 2.24) is 14.1 Å². The van der Waals surface area contributed by atoms with E-state index in [1.807, 2.05) is 6.07 Å². The first-order chi connectivity index (χ1) is 14.4. The number of carbonyl (C=O) groups is 2. The molecule has 2 amide bonds. The molecule has 10 nitrogen and oxygen atoms in total. The molecule has 1 aliphatic rings. The number of fused-ring (bicyclic) bond motifs is 2. The van der Waals surface area contributed by atoms with Gasteiger partial charge in [-0.2, -0.15) is 0 Å². The molecule has 0 spiro atoms. The summed E-state index contributed by atoms with van der Waals surface area (Å²) in [5.41, 5.74) is 0.214. The zero-order valence-electron chi connectivity index (χ0n) is 16.4. The number of aromatic nitrogens is 3. The fraction of sp³-hybridized carbons (Fsp3) is 0.250. The van der Waals surface area contributed by atoms with Crippen LogP contribution >= 0.6 is 0 Å². The van der Waals surface area contributed by atoms with E-state index in [-0.39, 0.29) is 42.4 Å². The maximum Gasteiger partial charge on any atom is 0.332 e. The van der Waals surface area contributed by atoms with Gasteiger partial charge in [-0.05, 0) is 18.2 Å². The quantitative estimate of drug-likeness (QED) is 0.666. The van der Waals surface area contributed by atoms with Crippen LogP contribution in [-0.4, -0.2) is 39.1 Å². The molecule has 4 rings (SSSR count). The molecule has 0 saturated carbocycles. The van der Waals surface area contributed by atoms with E-state index in [9.17, 15) is 19.2 Å². The van der Waals surface area contributed by atoms with Crippen LogP contribution in [0.2, 0.25) is 0 Å². The highest BCUT2D eigenvalue weighted by atomic mass is 16.5.